The molecular weight excluding hydrogens is 514 g/mol. The quantitative estimate of drug-likeness (QED) is 0.278. The fourth-order valence-corrected chi connectivity index (χ4v) is 4.94. The number of hydrogen-bond acceptors (Lipinski definition) is 3. The van der Waals surface area contributed by atoms with E-state index in [1.807, 2.05) is 79.9 Å². The summed E-state index contributed by atoms with van der Waals surface area (Å²) in [5, 5.41) is 2.47. The molecule has 1 aromatic heterocycles. The van der Waals surface area contributed by atoms with Crippen LogP contribution in [0.3, 0.4) is 0 Å². The molecule has 0 fully saturated rings. The summed E-state index contributed by atoms with van der Waals surface area (Å²) in [6.07, 6.45) is 2.58. The number of carbonyl (C=O) groups is 2. The second-order valence-corrected chi connectivity index (χ2v) is 9.58. The van der Waals surface area contributed by atoms with Gasteiger partial charge in [-0.15, -0.1) is 0 Å². The van der Waals surface area contributed by atoms with Crippen molar-refractivity contribution in [2.45, 2.75) is 25.9 Å². The van der Waals surface area contributed by atoms with Gasteiger partial charge in [-0.1, -0.05) is 37.3 Å². The molecule has 0 saturated carbocycles. The Bertz CT molecular complexity index is 1490. The van der Waals surface area contributed by atoms with Gasteiger partial charge in [0.05, 0.1) is 11.7 Å². The van der Waals surface area contributed by atoms with Crippen molar-refractivity contribution in [1.82, 2.24) is 14.4 Å². The standard InChI is InChI=1S/C31H30F2N4O3/c1-2-15-36(31(39)34-27-14-13-23(32)20-26(27)33)21-29(38)37-18-17-35-16-7-12-28(35)30(37)22-8-6-11-25(19-22)40-24-9-4-3-5-10-24/h3-14,16,19-20,30H,2,15,17-18,21H2,1H3,(H,34,39)/t30-/m0/s1. The first kappa shape index (κ1) is 26.9. The second kappa shape index (κ2) is 12.0. The molecule has 40 heavy (non-hydrogen) atoms. The van der Waals surface area contributed by atoms with E-state index in [1.165, 1.54) is 4.90 Å². The number of carbonyl (C=O) groups excluding carboxylic acids is 2. The van der Waals surface area contributed by atoms with E-state index >= 15 is 0 Å². The van der Waals surface area contributed by atoms with E-state index in [0.717, 1.165) is 23.4 Å². The molecule has 1 atom stereocenters. The van der Waals surface area contributed by atoms with E-state index in [0.29, 0.717) is 37.1 Å². The monoisotopic (exact) mass is 544 g/mol. The van der Waals surface area contributed by atoms with Gasteiger partial charge in [0.1, 0.15) is 29.7 Å². The van der Waals surface area contributed by atoms with Gasteiger partial charge < -0.3 is 24.4 Å². The molecule has 4 aromatic rings. The van der Waals surface area contributed by atoms with Gasteiger partial charge in [-0.3, -0.25) is 4.79 Å². The SMILES string of the molecule is CCCN(CC(=O)N1CCn2cccc2[C@@H]1c1cccc(Oc2ccccc2)c1)C(=O)Nc1ccc(F)cc1F. The Morgan fingerprint density at radius 2 is 1.75 bits per heavy atom. The smallest absolute Gasteiger partial charge is 0.322 e. The lowest BCUT2D eigenvalue weighted by atomic mass is 9.99. The first-order valence-corrected chi connectivity index (χ1v) is 13.2. The Morgan fingerprint density at radius 3 is 2.52 bits per heavy atom. The third-order valence-corrected chi connectivity index (χ3v) is 6.79. The summed E-state index contributed by atoms with van der Waals surface area (Å²) in [7, 11) is 0. The molecule has 0 unspecified atom stereocenters. The number of urea groups is 1. The molecule has 1 N–H and O–H groups in total. The lowest BCUT2D eigenvalue weighted by Gasteiger charge is -2.38. The largest absolute Gasteiger partial charge is 0.457 e. The van der Waals surface area contributed by atoms with E-state index in [1.54, 1.807) is 4.90 Å². The van der Waals surface area contributed by atoms with Crippen LogP contribution in [0.1, 0.15) is 30.6 Å². The highest BCUT2D eigenvalue weighted by molar-refractivity contribution is 5.92. The van der Waals surface area contributed by atoms with E-state index in [2.05, 4.69) is 9.88 Å². The molecule has 7 nitrogen and oxygen atoms in total. The number of benzene rings is 3. The topological polar surface area (TPSA) is 66.8 Å². The Balaban J connectivity index is 1.38. The number of para-hydroxylation sites is 1. The van der Waals surface area contributed by atoms with Crippen molar-refractivity contribution in [2.75, 3.05) is 25.0 Å². The molecule has 0 radical (unpaired) electrons. The number of nitrogens with zero attached hydrogens (tertiary/aromatic N) is 3. The average molecular weight is 545 g/mol. The number of anilines is 1. The molecular formula is C31H30F2N4O3. The Morgan fingerprint density at radius 1 is 0.950 bits per heavy atom. The lowest BCUT2D eigenvalue weighted by Crippen LogP contribution is -2.49. The van der Waals surface area contributed by atoms with Crippen LogP contribution in [0.25, 0.3) is 0 Å². The summed E-state index contributed by atoms with van der Waals surface area (Å²) in [6, 6.07) is 23.0. The Kier molecular flexibility index (Phi) is 8.10. The van der Waals surface area contributed by atoms with Crippen LogP contribution in [-0.4, -0.2) is 45.9 Å². The summed E-state index contributed by atoms with van der Waals surface area (Å²) in [4.78, 5) is 30.0. The summed E-state index contributed by atoms with van der Waals surface area (Å²) in [5.74, 6) is -0.512. The lowest BCUT2D eigenvalue weighted by molar-refractivity contribution is -0.134. The number of halogens is 2. The summed E-state index contributed by atoms with van der Waals surface area (Å²) >= 11 is 0. The van der Waals surface area contributed by atoms with Crippen molar-refractivity contribution in [1.29, 1.82) is 0 Å². The van der Waals surface area contributed by atoms with Crippen molar-refractivity contribution in [3.8, 4) is 11.5 Å². The molecule has 0 saturated heterocycles. The third-order valence-electron chi connectivity index (χ3n) is 6.79. The number of hydrogen-bond donors (Lipinski definition) is 1. The maximum Gasteiger partial charge on any atom is 0.322 e. The van der Waals surface area contributed by atoms with Gasteiger partial charge in [-0.25, -0.2) is 13.6 Å². The molecule has 9 heteroatoms. The Labute approximate surface area is 231 Å². The second-order valence-electron chi connectivity index (χ2n) is 9.58. The first-order valence-electron chi connectivity index (χ1n) is 13.2. The maximum atomic E-state index is 14.2. The molecule has 3 aromatic carbocycles. The zero-order valence-electron chi connectivity index (χ0n) is 22.1. The number of fused-ring (bicyclic) bond motifs is 1. The number of aromatic nitrogens is 1. The van der Waals surface area contributed by atoms with Crippen LogP contribution in [0, 0.1) is 11.6 Å². The molecule has 3 amide bonds. The van der Waals surface area contributed by atoms with Gasteiger partial charge in [0, 0.05) is 37.6 Å². The van der Waals surface area contributed by atoms with Crippen LogP contribution in [0.4, 0.5) is 19.3 Å². The minimum absolute atomic E-state index is 0.149. The summed E-state index contributed by atoms with van der Waals surface area (Å²) < 4.78 is 35.7. The number of rotatable bonds is 8. The van der Waals surface area contributed by atoms with Crippen LogP contribution < -0.4 is 10.1 Å². The number of nitrogens with one attached hydrogen (secondary N) is 1. The third kappa shape index (κ3) is 5.98. The number of amides is 3. The highest BCUT2D eigenvalue weighted by Gasteiger charge is 2.33. The Hall–Kier alpha value is -4.66. The molecule has 0 aliphatic carbocycles. The highest BCUT2D eigenvalue weighted by Crippen LogP contribution is 2.35. The zero-order chi connectivity index (χ0) is 28.1. The van der Waals surface area contributed by atoms with Gasteiger partial charge in [0.15, 0.2) is 0 Å². The van der Waals surface area contributed by atoms with E-state index in [4.69, 9.17) is 4.74 Å². The van der Waals surface area contributed by atoms with Gasteiger partial charge >= 0.3 is 6.03 Å². The fourth-order valence-electron chi connectivity index (χ4n) is 4.94. The first-order chi connectivity index (χ1) is 19.4. The number of ether oxygens (including phenoxy) is 1. The van der Waals surface area contributed by atoms with Crippen molar-refractivity contribution in [3.63, 3.8) is 0 Å². The fraction of sp³-hybridized carbons (Fsp3) is 0.226. The molecule has 206 valence electrons. The summed E-state index contributed by atoms with van der Waals surface area (Å²) in [5.41, 5.74) is 1.68. The summed E-state index contributed by atoms with van der Waals surface area (Å²) in [6.45, 7) is 3.04. The molecule has 5 rings (SSSR count). The van der Waals surface area contributed by atoms with Crippen molar-refractivity contribution in [2.24, 2.45) is 0 Å². The van der Waals surface area contributed by atoms with Crippen LogP contribution in [0.15, 0.2) is 91.1 Å². The van der Waals surface area contributed by atoms with E-state index < -0.39 is 23.7 Å². The minimum atomic E-state index is -0.884. The predicted octanol–water partition coefficient (Wildman–Crippen LogP) is 6.43. The van der Waals surface area contributed by atoms with E-state index in [-0.39, 0.29) is 24.7 Å². The van der Waals surface area contributed by atoms with Crippen molar-refractivity contribution < 1.29 is 23.1 Å². The zero-order valence-corrected chi connectivity index (χ0v) is 22.1. The van der Waals surface area contributed by atoms with Crippen LogP contribution in [0.5, 0.6) is 11.5 Å². The van der Waals surface area contributed by atoms with Gasteiger partial charge in [-0.05, 0) is 60.5 Å². The van der Waals surface area contributed by atoms with Crippen LogP contribution >= 0.6 is 0 Å². The van der Waals surface area contributed by atoms with Crippen molar-refractivity contribution in [3.05, 3.63) is 114 Å². The van der Waals surface area contributed by atoms with Gasteiger partial charge in [0.25, 0.3) is 0 Å². The van der Waals surface area contributed by atoms with Crippen LogP contribution in [0.2, 0.25) is 0 Å². The maximum absolute atomic E-state index is 14.2. The van der Waals surface area contributed by atoms with Gasteiger partial charge in [-0.2, -0.15) is 0 Å². The van der Waals surface area contributed by atoms with Crippen molar-refractivity contribution >= 4 is 17.6 Å². The highest BCUT2D eigenvalue weighted by atomic mass is 19.1. The van der Waals surface area contributed by atoms with Crippen LogP contribution in [-0.2, 0) is 11.3 Å². The normalized spacial score (nSPS) is 14.4. The predicted molar refractivity (Wildman–Crippen MR) is 148 cm³/mol. The average Bonchev–Trinajstić information content (AvgIpc) is 3.43. The molecule has 0 spiro atoms. The van der Waals surface area contributed by atoms with Gasteiger partial charge in [0.2, 0.25) is 5.91 Å². The molecule has 1 aliphatic rings. The minimum Gasteiger partial charge on any atom is -0.457 e. The molecule has 0 bridgehead atoms. The molecule has 2 heterocycles. The molecule has 1 aliphatic heterocycles. The van der Waals surface area contributed by atoms with E-state index in [9.17, 15) is 18.4 Å².